The second-order valence-electron chi connectivity index (χ2n) is 5.54. The minimum absolute atomic E-state index is 0.251. The number of aldehydes is 1. The first kappa shape index (κ1) is 13.8. The van der Waals surface area contributed by atoms with Gasteiger partial charge < -0.3 is 13.9 Å². The molecule has 4 nitrogen and oxygen atoms in total. The SMILES string of the molecule is O=Cc1ccc(N2CCn3cccc3C2c2ccccc2F)o1. The van der Waals surface area contributed by atoms with E-state index < -0.39 is 0 Å². The molecule has 1 aliphatic heterocycles. The van der Waals surface area contributed by atoms with Crippen molar-refractivity contribution in [2.45, 2.75) is 12.6 Å². The van der Waals surface area contributed by atoms with Crippen LogP contribution in [0.2, 0.25) is 0 Å². The van der Waals surface area contributed by atoms with E-state index in [0.29, 0.717) is 24.3 Å². The molecule has 3 heterocycles. The summed E-state index contributed by atoms with van der Waals surface area (Å²) in [6.07, 6.45) is 2.67. The van der Waals surface area contributed by atoms with Crippen molar-refractivity contribution in [2.75, 3.05) is 11.4 Å². The number of halogens is 1. The standard InChI is InChI=1S/C18H15FN2O2/c19-15-5-2-1-4-14(15)18-16-6-3-9-20(16)10-11-21(18)17-8-7-13(12-22)23-17/h1-9,12,18H,10-11H2. The summed E-state index contributed by atoms with van der Waals surface area (Å²) >= 11 is 0. The number of hydrogen-bond donors (Lipinski definition) is 0. The average molecular weight is 310 g/mol. The maximum absolute atomic E-state index is 14.4. The number of anilines is 1. The molecule has 2 aromatic heterocycles. The van der Waals surface area contributed by atoms with Crippen molar-refractivity contribution in [3.8, 4) is 0 Å². The predicted octanol–water partition coefficient (Wildman–Crippen LogP) is 3.64. The van der Waals surface area contributed by atoms with Gasteiger partial charge in [0.2, 0.25) is 0 Å². The van der Waals surface area contributed by atoms with Crippen molar-refractivity contribution in [2.24, 2.45) is 0 Å². The lowest BCUT2D eigenvalue weighted by atomic mass is 9.99. The van der Waals surface area contributed by atoms with Crippen LogP contribution in [0.5, 0.6) is 0 Å². The Hall–Kier alpha value is -2.82. The van der Waals surface area contributed by atoms with Crippen molar-refractivity contribution in [1.82, 2.24) is 4.57 Å². The van der Waals surface area contributed by atoms with Gasteiger partial charge in [0.15, 0.2) is 17.9 Å². The average Bonchev–Trinajstić information content (AvgIpc) is 3.23. The molecule has 23 heavy (non-hydrogen) atoms. The third-order valence-corrected chi connectivity index (χ3v) is 4.25. The number of hydrogen-bond acceptors (Lipinski definition) is 3. The summed E-state index contributed by atoms with van der Waals surface area (Å²) in [5, 5.41) is 0. The molecule has 0 bridgehead atoms. The molecular weight excluding hydrogens is 295 g/mol. The van der Waals surface area contributed by atoms with E-state index >= 15 is 0 Å². The Bertz CT molecular complexity index is 852. The second kappa shape index (κ2) is 5.43. The van der Waals surface area contributed by atoms with Gasteiger partial charge in [0.25, 0.3) is 0 Å². The summed E-state index contributed by atoms with van der Waals surface area (Å²) < 4.78 is 22.1. The van der Waals surface area contributed by atoms with E-state index in [1.54, 1.807) is 24.3 Å². The predicted molar refractivity (Wildman–Crippen MR) is 84.1 cm³/mol. The lowest BCUT2D eigenvalue weighted by Gasteiger charge is -2.37. The highest BCUT2D eigenvalue weighted by molar-refractivity contribution is 5.71. The van der Waals surface area contributed by atoms with Gasteiger partial charge in [0, 0.05) is 36.6 Å². The normalized spacial score (nSPS) is 17.1. The van der Waals surface area contributed by atoms with Crippen LogP contribution >= 0.6 is 0 Å². The van der Waals surface area contributed by atoms with Crippen molar-refractivity contribution >= 4 is 12.2 Å². The molecule has 1 unspecified atom stereocenters. The van der Waals surface area contributed by atoms with Gasteiger partial charge in [-0.2, -0.15) is 0 Å². The minimum atomic E-state index is -0.286. The number of nitrogens with zero attached hydrogens (tertiary/aromatic N) is 2. The van der Waals surface area contributed by atoms with Crippen LogP contribution in [-0.4, -0.2) is 17.4 Å². The molecule has 5 heteroatoms. The molecule has 116 valence electrons. The van der Waals surface area contributed by atoms with E-state index in [-0.39, 0.29) is 17.6 Å². The van der Waals surface area contributed by atoms with Crippen molar-refractivity contribution in [3.63, 3.8) is 0 Å². The van der Waals surface area contributed by atoms with Gasteiger partial charge >= 0.3 is 0 Å². The first-order valence-corrected chi connectivity index (χ1v) is 7.49. The molecule has 0 saturated carbocycles. The fraction of sp³-hybridized carbons (Fsp3) is 0.167. The molecule has 0 N–H and O–H groups in total. The Labute approximate surface area is 132 Å². The third kappa shape index (κ3) is 2.25. The maximum atomic E-state index is 14.4. The van der Waals surface area contributed by atoms with Crippen LogP contribution in [0.25, 0.3) is 0 Å². The Kier molecular flexibility index (Phi) is 3.26. The Morgan fingerprint density at radius 2 is 1.96 bits per heavy atom. The molecule has 3 aromatic rings. The Balaban J connectivity index is 1.85. The topological polar surface area (TPSA) is 38.4 Å². The molecule has 1 aliphatic rings. The number of rotatable bonds is 3. The lowest BCUT2D eigenvalue weighted by molar-refractivity contribution is 0.110. The van der Waals surface area contributed by atoms with Crippen LogP contribution in [0.3, 0.4) is 0 Å². The summed E-state index contributed by atoms with van der Waals surface area (Å²) in [4.78, 5) is 12.9. The zero-order chi connectivity index (χ0) is 15.8. The molecule has 0 fully saturated rings. The Morgan fingerprint density at radius 1 is 1.09 bits per heavy atom. The van der Waals surface area contributed by atoms with Gasteiger partial charge in [-0.05, 0) is 24.3 Å². The smallest absolute Gasteiger partial charge is 0.197 e. The summed E-state index contributed by atoms with van der Waals surface area (Å²) in [5.74, 6) is 0.598. The monoisotopic (exact) mass is 310 g/mol. The lowest BCUT2D eigenvalue weighted by Crippen LogP contribution is -2.38. The molecule has 0 aliphatic carbocycles. The molecule has 0 amide bonds. The highest BCUT2D eigenvalue weighted by Crippen LogP contribution is 2.37. The van der Waals surface area contributed by atoms with Gasteiger partial charge in [0.1, 0.15) is 11.9 Å². The summed E-state index contributed by atoms with van der Waals surface area (Å²) in [6, 6.07) is 13.8. The highest BCUT2D eigenvalue weighted by atomic mass is 19.1. The quantitative estimate of drug-likeness (QED) is 0.693. The van der Waals surface area contributed by atoms with Gasteiger partial charge in [-0.3, -0.25) is 4.79 Å². The molecule has 1 atom stereocenters. The number of benzene rings is 1. The van der Waals surface area contributed by atoms with Gasteiger partial charge in [-0.15, -0.1) is 0 Å². The van der Waals surface area contributed by atoms with E-state index in [1.807, 2.05) is 29.3 Å². The van der Waals surface area contributed by atoms with Crippen LogP contribution < -0.4 is 4.90 Å². The van der Waals surface area contributed by atoms with Crippen molar-refractivity contribution < 1.29 is 13.6 Å². The highest BCUT2D eigenvalue weighted by Gasteiger charge is 2.32. The van der Waals surface area contributed by atoms with Gasteiger partial charge in [-0.25, -0.2) is 4.39 Å². The number of carbonyl (C=O) groups is 1. The number of furan rings is 1. The van der Waals surface area contributed by atoms with Crippen LogP contribution in [0, 0.1) is 5.82 Å². The fourth-order valence-corrected chi connectivity index (χ4v) is 3.20. The summed E-state index contributed by atoms with van der Waals surface area (Å²) in [7, 11) is 0. The van der Waals surface area contributed by atoms with E-state index in [9.17, 15) is 9.18 Å². The molecule has 0 radical (unpaired) electrons. The fourth-order valence-electron chi connectivity index (χ4n) is 3.20. The van der Waals surface area contributed by atoms with E-state index in [4.69, 9.17) is 4.42 Å². The molecule has 0 saturated heterocycles. The van der Waals surface area contributed by atoms with Gasteiger partial charge in [0.05, 0.1) is 0 Å². The molecule has 1 aromatic carbocycles. The zero-order valence-electron chi connectivity index (χ0n) is 12.4. The zero-order valence-corrected chi connectivity index (χ0v) is 12.4. The molecule has 0 spiro atoms. The number of aromatic nitrogens is 1. The van der Waals surface area contributed by atoms with Crippen LogP contribution in [0.1, 0.15) is 27.9 Å². The minimum Gasteiger partial charge on any atom is -0.438 e. The van der Waals surface area contributed by atoms with E-state index in [2.05, 4.69) is 4.57 Å². The van der Waals surface area contributed by atoms with Crippen LogP contribution in [0.4, 0.5) is 10.3 Å². The molecular formula is C18H15FN2O2. The number of fused-ring (bicyclic) bond motifs is 1. The van der Waals surface area contributed by atoms with Crippen molar-refractivity contribution in [3.05, 3.63) is 77.6 Å². The van der Waals surface area contributed by atoms with Crippen molar-refractivity contribution in [1.29, 1.82) is 0 Å². The maximum Gasteiger partial charge on any atom is 0.197 e. The Morgan fingerprint density at radius 3 is 2.74 bits per heavy atom. The number of carbonyl (C=O) groups excluding carboxylic acids is 1. The van der Waals surface area contributed by atoms with Gasteiger partial charge in [-0.1, -0.05) is 18.2 Å². The summed E-state index contributed by atoms with van der Waals surface area (Å²) in [5.41, 5.74) is 1.60. The van der Waals surface area contributed by atoms with E-state index in [0.717, 1.165) is 12.2 Å². The van der Waals surface area contributed by atoms with Crippen LogP contribution in [-0.2, 0) is 6.54 Å². The van der Waals surface area contributed by atoms with E-state index in [1.165, 1.54) is 6.07 Å². The second-order valence-corrected chi connectivity index (χ2v) is 5.54. The third-order valence-electron chi connectivity index (χ3n) is 4.25. The van der Waals surface area contributed by atoms with Crippen LogP contribution in [0.15, 0.2) is 59.1 Å². The largest absolute Gasteiger partial charge is 0.438 e. The first-order chi connectivity index (χ1) is 11.3. The first-order valence-electron chi connectivity index (χ1n) is 7.49. The summed E-state index contributed by atoms with van der Waals surface area (Å²) in [6.45, 7) is 1.46. The molecule has 4 rings (SSSR count).